The summed E-state index contributed by atoms with van der Waals surface area (Å²) in [7, 11) is 0. The van der Waals surface area contributed by atoms with Crippen LogP contribution in [0.3, 0.4) is 0 Å². The third-order valence-electron chi connectivity index (χ3n) is 3.32. The summed E-state index contributed by atoms with van der Waals surface area (Å²) < 4.78 is 5.89. The van der Waals surface area contributed by atoms with Crippen LogP contribution in [-0.4, -0.2) is 19.2 Å². The zero-order chi connectivity index (χ0) is 14.1. The molecule has 2 nitrogen and oxygen atoms in total. The highest BCUT2D eigenvalue weighted by Gasteiger charge is 2.07. The third kappa shape index (κ3) is 6.11. The van der Waals surface area contributed by atoms with Gasteiger partial charge in [-0.2, -0.15) is 0 Å². The molecule has 1 unspecified atom stereocenters. The zero-order valence-electron chi connectivity index (χ0n) is 12.9. The molecular formula is C17H29NO. The molecule has 0 aromatic heterocycles. The smallest absolute Gasteiger partial charge is 0.119 e. The first kappa shape index (κ1) is 16.0. The topological polar surface area (TPSA) is 21.3 Å². The van der Waals surface area contributed by atoms with E-state index in [1.54, 1.807) is 0 Å². The number of hydrogen-bond acceptors (Lipinski definition) is 2. The molecule has 1 atom stereocenters. The van der Waals surface area contributed by atoms with E-state index in [1.807, 2.05) is 0 Å². The third-order valence-corrected chi connectivity index (χ3v) is 3.32. The van der Waals surface area contributed by atoms with Crippen molar-refractivity contribution < 1.29 is 4.74 Å². The Bertz CT molecular complexity index is 332. The van der Waals surface area contributed by atoms with Gasteiger partial charge in [0.2, 0.25) is 0 Å². The van der Waals surface area contributed by atoms with Gasteiger partial charge in [0.25, 0.3) is 0 Å². The van der Waals surface area contributed by atoms with E-state index in [1.165, 1.54) is 24.8 Å². The highest BCUT2D eigenvalue weighted by molar-refractivity contribution is 5.28. The molecule has 0 heterocycles. The van der Waals surface area contributed by atoms with Crippen LogP contribution in [0, 0.1) is 0 Å². The molecule has 0 aliphatic heterocycles. The van der Waals surface area contributed by atoms with Crippen LogP contribution in [0.15, 0.2) is 24.3 Å². The van der Waals surface area contributed by atoms with Gasteiger partial charge in [-0.1, -0.05) is 46.2 Å². The van der Waals surface area contributed by atoms with E-state index in [0.717, 1.165) is 18.9 Å². The van der Waals surface area contributed by atoms with Crippen molar-refractivity contribution in [1.82, 2.24) is 5.32 Å². The van der Waals surface area contributed by atoms with Crippen molar-refractivity contribution in [2.24, 2.45) is 0 Å². The largest absolute Gasteiger partial charge is 0.492 e. The summed E-state index contributed by atoms with van der Waals surface area (Å²) in [6.45, 7) is 10.7. The van der Waals surface area contributed by atoms with Crippen LogP contribution in [0.5, 0.6) is 5.75 Å². The van der Waals surface area contributed by atoms with Crippen molar-refractivity contribution in [3.05, 3.63) is 29.8 Å². The molecule has 0 saturated heterocycles. The lowest BCUT2D eigenvalue weighted by Crippen LogP contribution is -2.35. The van der Waals surface area contributed by atoms with Crippen LogP contribution < -0.4 is 10.1 Å². The molecule has 1 aromatic carbocycles. The minimum absolute atomic E-state index is 0.467. The highest BCUT2D eigenvalue weighted by atomic mass is 16.5. The van der Waals surface area contributed by atoms with Gasteiger partial charge in [-0.25, -0.2) is 0 Å². The molecular weight excluding hydrogens is 234 g/mol. The van der Waals surface area contributed by atoms with E-state index in [2.05, 4.69) is 57.3 Å². The summed E-state index contributed by atoms with van der Waals surface area (Å²) in [6, 6.07) is 8.95. The van der Waals surface area contributed by atoms with Crippen LogP contribution in [0.2, 0.25) is 0 Å². The Morgan fingerprint density at radius 3 is 2.26 bits per heavy atom. The maximum atomic E-state index is 5.89. The standard InChI is InChI=1S/C17H29NO/c1-5-7-16(18-12-6-2)13-19-17-10-8-15(9-11-17)14(3)4/h8-11,14,16,18H,5-7,12-13H2,1-4H3. The molecule has 1 rings (SSSR count). The van der Waals surface area contributed by atoms with Gasteiger partial charge in [0.05, 0.1) is 0 Å². The number of benzene rings is 1. The Morgan fingerprint density at radius 2 is 1.74 bits per heavy atom. The average molecular weight is 263 g/mol. The maximum absolute atomic E-state index is 5.89. The van der Waals surface area contributed by atoms with Crippen LogP contribution >= 0.6 is 0 Å². The van der Waals surface area contributed by atoms with Gasteiger partial charge in [0, 0.05) is 6.04 Å². The molecule has 0 amide bonds. The van der Waals surface area contributed by atoms with E-state index >= 15 is 0 Å². The molecule has 0 spiro atoms. The van der Waals surface area contributed by atoms with Crippen LogP contribution in [0.4, 0.5) is 0 Å². The SMILES string of the molecule is CCCNC(CCC)COc1ccc(C(C)C)cc1. The lowest BCUT2D eigenvalue weighted by molar-refractivity contribution is 0.256. The van der Waals surface area contributed by atoms with Crippen molar-refractivity contribution in [1.29, 1.82) is 0 Å². The molecule has 0 saturated carbocycles. The Morgan fingerprint density at radius 1 is 1.05 bits per heavy atom. The number of ether oxygens (including phenoxy) is 1. The van der Waals surface area contributed by atoms with Crippen LogP contribution in [0.25, 0.3) is 0 Å². The number of nitrogens with one attached hydrogen (secondary N) is 1. The lowest BCUT2D eigenvalue weighted by atomic mass is 10.0. The molecule has 19 heavy (non-hydrogen) atoms. The van der Waals surface area contributed by atoms with Gasteiger partial charge in [0.1, 0.15) is 12.4 Å². The van der Waals surface area contributed by atoms with E-state index in [4.69, 9.17) is 4.74 Å². The van der Waals surface area contributed by atoms with Crippen molar-refractivity contribution in [2.45, 2.75) is 58.9 Å². The van der Waals surface area contributed by atoms with Crippen molar-refractivity contribution in [3.63, 3.8) is 0 Å². The minimum Gasteiger partial charge on any atom is -0.492 e. The molecule has 0 bridgehead atoms. The first-order chi connectivity index (χ1) is 9.17. The highest BCUT2D eigenvalue weighted by Crippen LogP contribution is 2.18. The Labute approximate surface area is 118 Å². The Balaban J connectivity index is 2.44. The summed E-state index contributed by atoms with van der Waals surface area (Å²) in [5, 5.41) is 3.55. The van der Waals surface area contributed by atoms with E-state index in [9.17, 15) is 0 Å². The van der Waals surface area contributed by atoms with Crippen molar-refractivity contribution >= 4 is 0 Å². The Hall–Kier alpha value is -1.02. The summed E-state index contributed by atoms with van der Waals surface area (Å²) in [6.07, 6.45) is 3.53. The monoisotopic (exact) mass is 263 g/mol. The first-order valence-corrected chi connectivity index (χ1v) is 7.63. The fraction of sp³-hybridized carbons (Fsp3) is 0.647. The van der Waals surface area contributed by atoms with Crippen LogP contribution in [0.1, 0.15) is 58.4 Å². The minimum atomic E-state index is 0.467. The summed E-state index contributed by atoms with van der Waals surface area (Å²) in [5.41, 5.74) is 1.36. The molecule has 0 aliphatic rings. The second-order valence-electron chi connectivity index (χ2n) is 5.47. The molecule has 0 aliphatic carbocycles. The first-order valence-electron chi connectivity index (χ1n) is 7.63. The molecule has 108 valence electrons. The summed E-state index contributed by atoms with van der Waals surface area (Å²) in [5.74, 6) is 1.55. The van der Waals surface area contributed by atoms with Gasteiger partial charge in [-0.3, -0.25) is 0 Å². The second-order valence-corrected chi connectivity index (χ2v) is 5.47. The van der Waals surface area contributed by atoms with Gasteiger partial charge in [0.15, 0.2) is 0 Å². The van der Waals surface area contributed by atoms with Crippen LogP contribution in [-0.2, 0) is 0 Å². The molecule has 0 fully saturated rings. The number of rotatable bonds is 9. The van der Waals surface area contributed by atoms with Gasteiger partial charge < -0.3 is 10.1 Å². The second kappa shape index (κ2) is 8.98. The van der Waals surface area contributed by atoms with Crippen molar-refractivity contribution in [2.75, 3.05) is 13.2 Å². The fourth-order valence-electron chi connectivity index (χ4n) is 2.09. The number of hydrogen-bond donors (Lipinski definition) is 1. The Kier molecular flexibility index (Phi) is 7.57. The summed E-state index contributed by atoms with van der Waals surface area (Å²) in [4.78, 5) is 0. The quantitative estimate of drug-likeness (QED) is 0.715. The normalized spacial score (nSPS) is 12.7. The molecule has 1 N–H and O–H groups in total. The van der Waals surface area contributed by atoms with Gasteiger partial charge in [-0.15, -0.1) is 0 Å². The molecule has 2 heteroatoms. The summed E-state index contributed by atoms with van der Waals surface area (Å²) >= 11 is 0. The van der Waals surface area contributed by atoms with E-state index in [-0.39, 0.29) is 0 Å². The van der Waals surface area contributed by atoms with E-state index in [0.29, 0.717) is 12.0 Å². The van der Waals surface area contributed by atoms with E-state index < -0.39 is 0 Å². The maximum Gasteiger partial charge on any atom is 0.119 e. The lowest BCUT2D eigenvalue weighted by Gasteiger charge is -2.18. The van der Waals surface area contributed by atoms with Crippen molar-refractivity contribution in [3.8, 4) is 5.75 Å². The fourth-order valence-corrected chi connectivity index (χ4v) is 2.09. The predicted molar refractivity (Wildman–Crippen MR) is 83.0 cm³/mol. The zero-order valence-corrected chi connectivity index (χ0v) is 12.9. The van der Waals surface area contributed by atoms with Gasteiger partial charge >= 0.3 is 0 Å². The average Bonchev–Trinajstić information content (AvgIpc) is 2.42. The predicted octanol–water partition coefficient (Wildman–Crippen LogP) is 4.36. The van der Waals surface area contributed by atoms with Gasteiger partial charge in [-0.05, 0) is 43.0 Å². The molecule has 0 radical (unpaired) electrons. The molecule has 1 aromatic rings.